The van der Waals surface area contributed by atoms with Crippen molar-refractivity contribution >= 4 is 10.9 Å². The lowest BCUT2D eigenvalue weighted by Crippen LogP contribution is -2.35. The quantitative estimate of drug-likeness (QED) is 0.324. The van der Waals surface area contributed by atoms with Crippen molar-refractivity contribution in [2.75, 3.05) is 13.2 Å². The summed E-state index contributed by atoms with van der Waals surface area (Å²) in [7, 11) is 0. The van der Waals surface area contributed by atoms with Crippen LogP contribution in [0, 0.1) is 5.92 Å². The van der Waals surface area contributed by atoms with Crippen LogP contribution in [0.5, 0.6) is 5.75 Å². The molecule has 0 saturated carbocycles. The fourth-order valence-electron chi connectivity index (χ4n) is 5.10. The van der Waals surface area contributed by atoms with Crippen molar-refractivity contribution in [1.82, 2.24) is 30.1 Å². The number of nitrogens with one attached hydrogen (secondary N) is 1. The number of fused-ring (bicyclic) bond motifs is 1. The molecule has 0 spiro atoms. The van der Waals surface area contributed by atoms with Crippen LogP contribution >= 0.6 is 0 Å². The Hall–Kier alpha value is -3.50. The van der Waals surface area contributed by atoms with Gasteiger partial charge in [0.25, 0.3) is 5.56 Å². The second-order valence-corrected chi connectivity index (χ2v) is 9.83. The molecular formula is C27H34N6O4. The molecule has 1 N–H and O–H groups in total. The molecule has 4 heterocycles. The third-order valence-electron chi connectivity index (χ3n) is 6.77. The maximum absolute atomic E-state index is 13.2. The molecule has 0 amide bonds. The third-order valence-corrected chi connectivity index (χ3v) is 6.77. The minimum atomic E-state index is -0.161. The Balaban J connectivity index is 1.51. The van der Waals surface area contributed by atoms with Gasteiger partial charge in [-0.1, -0.05) is 13.8 Å². The Morgan fingerprint density at radius 2 is 2.14 bits per heavy atom. The lowest BCUT2D eigenvalue weighted by Gasteiger charge is -2.33. The number of H-pyrrole nitrogens is 1. The van der Waals surface area contributed by atoms with Crippen molar-refractivity contribution in [3.8, 4) is 5.75 Å². The third kappa shape index (κ3) is 5.75. The summed E-state index contributed by atoms with van der Waals surface area (Å²) in [6, 6.07) is 11.3. The van der Waals surface area contributed by atoms with Gasteiger partial charge in [0.05, 0.1) is 38.1 Å². The Morgan fingerprint density at radius 3 is 2.86 bits per heavy atom. The summed E-state index contributed by atoms with van der Waals surface area (Å²) in [5.41, 5.74) is 1.30. The van der Waals surface area contributed by atoms with Crippen LogP contribution in [0.2, 0.25) is 0 Å². The number of benzene rings is 1. The first-order chi connectivity index (χ1) is 18.0. The van der Waals surface area contributed by atoms with E-state index in [4.69, 9.17) is 13.9 Å². The number of ether oxygens (including phenoxy) is 2. The van der Waals surface area contributed by atoms with E-state index in [0.29, 0.717) is 31.8 Å². The molecule has 196 valence electrons. The molecule has 1 aliphatic rings. The van der Waals surface area contributed by atoms with Crippen molar-refractivity contribution in [3.63, 3.8) is 0 Å². The van der Waals surface area contributed by atoms with Gasteiger partial charge in [0, 0.05) is 29.6 Å². The second kappa shape index (κ2) is 11.3. The van der Waals surface area contributed by atoms with E-state index in [1.165, 1.54) is 0 Å². The van der Waals surface area contributed by atoms with E-state index in [0.717, 1.165) is 47.7 Å². The lowest BCUT2D eigenvalue weighted by atomic mass is 10.00. The molecule has 0 radical (unpaired) electrons. The van der Waals surface area contributed by atoms with Crippen molar-refractivity contribution in [2.24, 2.45) is 5.92 Å². The molecular weight excluding hydrogens is 472 g/mol. The van der Waals surface area contributed by atoms with Crippen LogP contribution < -0.4 is 10.3 Å². The first-order valence-corrected chi connectivity index (χ1v) is 12.9. The molecule has 0 aliphatic carbocycles. The molecule has 2 atom stereocenters. The molecule has 0 bridgehead atoms. The van der Waals surface area contributed by atoms with E-state index < -0.39 is 0 Å². The van der Waals surface area contributed by atoms with Gasteiger partial charge in [-0.25, -0.2) is 4.68 Å². The Labute approximate surface area is 215 Å². The molecule has 1 aliphatic heterocycles. The monoisotopic (exact) mass is 506 g/mol. The van der Waals surface area contributed by atoms with E-state index >= 15 is 0 Å². The molecule has 4 aromatic rings. The first kappa shape index (κ1) is 25.2. The average molecular weight is 507 g/mol. The highest BCUT2D eigenvalue weighted by molar-refractivity contribution is 5.80. The number of rotatable bonds is 11. The number of aromatic nitrogens is 5. The van der Waals surface area contributed by atoms with Crippen LogP contribution in [0.3, 0.4) is 0 Å². The molecule has 1 aromatic carbocycles. The summed E-state index contributed by atoms with van der Waals surface area (Å²) in [6.07, 6.45) is 3.82. The lowest BCUT2D eigenvalue weighted by molar-refractivity contribution is 0.0836. The fraction of sp³-hybridized carbons (Fsp3) is 0.481. The van der Waals surface area contributed by atoms with Gasteiger partial charge in [-0.2, -0.15) is 0 Å². The molecule has 1 fully saturated rings. The molecule has 5 rings (SSSR count). The molecule has 10 heteroatoms. The highest BCUT2D eigenvalue weighted by Crippen LogP contribution is 2.31. The minimum Gasteiger partial charge on any atom is -0.494 e. The second-order valence-electron chi connectivity index (χ2n) is 9.83. The number of hydrogen-bond donors (Lipinski definition) is 1. The molecule has 37 heavy (non-hydrogen) atoms. The molecule has 1 saturated heterocycles. The zero-order valence-electron chi connectivity index (χ0n) is 21.6. The van der Waals surface area contributed by atoms with Gasteiger partial charge in [0.1, 0.15) is 11.5 Å². The maximum atomic E-state index is 13.2. The van der Waals surface area contributed by atoms with E-state index in [-0.39, 0.29) is 23.6 Å². The van der Waals surface area contributed by atoms with Crippen LogP contribution in [-0.4, -0.2) is 49.4 Å². The number of aromatic amines is 1. The Bertz CT molecular complexity index is 1360. The van der Waals surface area contributed by atoms with Gasteiger partial charge in [-0.05, 0) is 72.5 Å². The minimum absolute atomic E-state index is 0.108. The van der Waals surface area contributed by atoms with E-state index in [9.17, 15) is 4.79 Å². The van der Waals surface area contributed by atoms with Crippen molar-refractivity contribution in [3.05, 3.63) is 70.2 Å². The number of nitrogens with zero attached hydrogens (tertiary/aromatic N) is 5. The van der Waals surface area contributed by atoms with Crippen molar-refractivity contribution in [2.45, 2.75) is 65.4 Å². The number of pyridine rings is 1. The van der Waals surface area contributed by atoms with Crippen LogP contribution in [0.1, 0.15) is 56.8 Å². The van der Waals surface area contributed by atoms with Crippen LogP contribution in [0.4, 0.5) is 0 Å². The standard InChI is InChI=1S/C27H34N6O4/c1-4-35-21-9-10-24-19(14-21)13-20(27(34)28-24)15-32(16-22-7-5-11-36-22)25(18(2)3)26-29-30-31-33(26)17-23-8-6-12-37-23/h5,7,9-11,13-14,18,23,25H,4,6,8,12,15-17H2,1-3H3,(H,28,34). The number of furan rings is 1. The van der Waals surface area contributed by atoms with Gasteiger partial charge >= 0.3 is 0 Å². The SMILES string of the molecule is CCOc1ccc2[nH]c(=O)c(CN(Cc3ccco3)C(c3nnnn3CC3CCCO3)C(C)C)cc2c1. The highest BCUT2D eigenvalue weighted by Gasteiger charge is 2.31. The Morgan fingerprint density at radius 1 is 1.24 bits per heavy atom. The van der Waals surface area contributed by atoms with E-state index in [1.807, 2.05) is 48.0 Å². The molecule has 10 nitrogen and oxygen atoms in total. The Kier molecular flexibility index (Phi) is 7.66. The zero-order valence-corrected chi connectivity index (χ0v) is 21.6. The summed E-state index contributed by atoms with van der Waals surface area (Å²) in [5, 5.41) is 13.7. The molecule has 2 unspecified atom stereocenters. The summed E-state index contributed by atoms with van der Waals surface area (Å²) >= 11 is 0. The zero-order chi connectivity index (χ0) is 25.8. The maximum Gasteiger partial charge on any atom is 0.252 e. The first-order valence-electron chi connectivity index (χ1n) is 12.9. The fourth-order valence-corrected chi connectivity index (χ4v) is 5.10. The summed E-state index contributed by atoms with van der Waals surface area (Å²) in [6.45, 7) is 9.09. The van der Waals surface area contributed by atoms with Crippen molar-refractivity contribution in [1.29, 1.82) is 0 Å². The van der Waals surface area contributed by atoms with E-state index in [1.54, 1.807) is 6.26 Å². The number of hydrogen-bond acceptors (Lipinski definition) is 8. The van der Waals surface area contributed by atoms with Gasteiger partial charge in [-0.15, -0.1) is 5.10 Å². The van der Waals surface area contributed by atoms with Gasteiger partial charge < -0.3 is 18.9 Å². The summed E-state index contributed by atoms with van der Waals surface area (Å²) in [5.74, 6) is 2.50. The van der Waals surface area contributed by atoms with Gasteiger partial charge in [0.15, 0.2) is 5.82 Å². The summed E-state index contributed by atoms with van der Waals surface area (Å²) < 4.78 is 19.1. The van der Waals surface area contributed by atoms with Crippen molar-refractivity contribution < 1.29 is 13.9 Å². The number of tetrazole rings is 1. The topological polar surface area (TPSA) is 111 Å². The van der Waals surface area contributed by atoms with E-state index in [2.05, 4.69) is 39.3 Å². The molecule has 3 aromatic heterocycles. The normalized spacial score (nSPS) is 16.7. The largest absolute Gasteiger partial charge is 0.494 e. The van der Waals surface area contributed by atoms with Crippen LogP contribution in [0.15, 0.2) is 51.9 Å². The van der Waals surface area contributed by atoms with Gasteiger partial charge in [0.2, 0.25) is 0 Å². The van der Waals surface area contributed by atoms with Gasteiger partial charge in [-0.3, -0.25) is 9.69 Å². The summed E-state index contributed by atoms with van der Waals surface area (Å²) in [4.78, 5) is 18.4. The van der Waals surface area contributed by atoms with Crippen LogP contribution in [-0.2, 0) is 24.4 Å². The predicted molar refractivity (Wildman–Crippen MR) is 138 cm³/mol. The highest BCUT2D eigenvalue weighted by atomic mass is 16.5. The predicted octanol–water partition coefficient (Wildman–Crippen LogP) is 4.08. The average Bonchev–Trinajstić information content (AvgIpc) is 3.65. The smallest absolute Gasteiger partial charge is 0.252 e. The van der Waals surface area contributed by atoms with Crippen LogP contribution in [0.25, 0.3) is 10.9 Å².